The van der Waals surface area contributed by atoms with Gasteiger partial charge in [0.05, 0.1) is 6.54 Å². The SMILES string of the molecule is CN(C)CCN(Cc1cccs1)c1cccc(=O)[nH]1. The van der Waals surface area contributed by atoms with Crippen LogP contribution in [0.4, 0.5) is 5.82 Å². The number of H-pyrrole nitrogens is 1. The Bertz CT molecular complexity index is 548. The molecule has 0 aliphatic heterocycles. The average Bonchev–Trinajstić information content (AvgIpc) is 2.87. The van der Waals surface area contributed by atoms with Gasteiger partial charge in [-0.1, -0.05) is 12.1 Å². The zero-order valence-electron chi connectivity index (χ0n) is 11.3. The van der Waals surface area contributed by atoms with Gasteiger partial charge in [0.1, 0.15) is 5.82 Å². The number of aromatic amines is 1. The van der Waals surface area contributed by atoms with Crippen LogP contribution in [-0.2, 0) is 6.54 Å². The van der Waals surface area contributed by atoms with Crippen molar-refractivity contribution < 1.29 is 0 Å². The molecule has 19 heavy (non-hydrogen) atoms. The van der Waals surface area contributed by atoms with Gasteiger partial charge in [-0.3, -0.25) is 4.79 Å². The first-order valence-electron chi connectivity index (χ1n) is 6.26. The summed E-state index contributed by atoms with van der Waals surface area (Å²) in [6, 6.07) is 9.46. The van der Waals surface area contributed by atoms with Gasteiger partial charge < -0.3 is 14.8 Å². The second-order valence-electron chi connectivity index (χ2n) is 4.70. The monoisotopic (exact) mass is 277 g/mol. The highest BCUT2D eigenvalue weighted by Crippen LogP contribution is 2.16. The van der Waals surface area contributed by atoms with Crippen molar-refractivity contribution in [2.75, 3.05) is 32.1 Å². The molecule has 0 saturated carbocycles. The first-order chi connectivity index (χ1) is 9.15. The standard InChI is InChI=1S/C14H19N3OS/c1-16(2)8-9-17(11-12-5-4-10-19-12)13-6-3-7-14(18)15-13/h3-7,10H,8-9,11H2,1-2H3,(H,15,18). The minimum Gasteiger partial charge on any atom is -0.352 e. The summed E-state index contributed by atoms with van der Waals surface area (Å²) in [6.45, 7) is 2.65. The Morgan fingerprint density at radius 3 is 2.63 bits per heavy atom. The number of likely N-dealkylation sites (N-methyl/N-ethyl adjacent to an activating group) is 1. The maximum absolute atomic E-state index is 11.4. The second kappa shape index (κ2) is 6.54. The van der Waals surface area contributed by atoms with Crippen molar-refractivity contribution >= 4 is 17.2 Å². The van der Waals surface area contributed by atoms with Crippen LogP contribution >= 0.6 is 11.3 Å². The van der Waals surface area contributed by atoms with E-state index >= 15 is 0 Å². The number of pyridine rings is 1. The topological polar surface area (TPSA) is 39.3 Å². The van der Waals surface area contributed by atoms with E-state index in [1.165, 1.54) is 4.88 Å². The molecule has 0 bridgehead atoms. The van der Waals surface area contributed by atoms with Gasteiger partial charge in [0.25, 0.3) is 0 Å². The lowest BCUT2D eigenvalue weighted by atomic mass is 10.3. The molecule has 5 heteroatoms. The highest BCUT2D eigenvalue weighted by atomic mass is 32.1. The van der Waals surface area contributed by atoms with Crippen LogP contribution in [0.15, 0.2) is 40.5 Å². The Labute approximate surface area is 117 Å². The van der Waals surface area contributed by atoms with Gasteiger partial charge in [0, 0.05) is 24.0 Å². The lowest BCUT2D eigenvalue weighted by Crippen LogP contribution is -2.32. The van der Waals surface area contributed by atoms with Gasteiger partial charge in [-0.05, 0) is 31.6 Å². The molecule has 4 nitrogen and oxygen atoms in total. The second-order valence-corrected chi connectivity index (χ2v) is 5.74. The van der Waals surface area contributed by atoms with E-state index in [1.54, 1.807) is 23.5 Å². The number of nitrogens with one attached hydrogen (secondary N) is 1. The third-order valence-electron chi connectivity index (χ3n) is 2.84. The fraction of sp³-hybridized carbons (Fsp3) is 0.357. The van der Waals surface area contributed by atoms with Crippen LogP contribution in [0.3, 0.4) is 0 Å². The smallest absolute Gasteiger partial charge is 0.249 e. The van der Waals surface area contributed by atoms with Crippen molar-refractivity contribution in [3.05, 3.63) is 50.9 Å². The molecule has 0 aromatic carbocycles. The van der Waals surface area contributed by atoms with Crippen molar-refractivity contribution in [3.63, 3.8) is 0 Å². The Balaban J connectivity index is 2.15. The summed E-state index contributed by atoms with van der Waals surface area (Å²) in [6.07, 6.45) is 0. The van der Waals surface area contributed by atoms with Crippen LogP contribution < -0.4 is 10.5 Å². The summed E-state index contributed by atoms with van der Waals surface area (Å²) in [5.41, 5.74) is -0.0569. The molecule has 2 aromatic heterocycles. The zero-order valence-corrected chi connectivity index (χ0v) is 12.1. The number of rotatable bonds is 6. The molecule has 0 unspecified atom stereocenters. The quantitative estimate of drug-likeness (QED) is 0.878. The lowest BCUT2D eigenvalue weighted by molar-refractivity contribution is 0.412. The molecule has 2 aromatic rings. The largest absolute Gasteiger partial charge is 0.352 e. The van der Waals surface area contributed by atoms with Crippen LogP contribution in [-0.4, -0.2) is 37.1 Å². The molecule has 0 saturated heterocycles. The molecular formula is C14H19N3OS. The molecule has 2 rings (SSSR count). The van der Waals surface area contributed by atoms with Crippen molar-refractivity contribution in [2.24, 2.45) is 0 Å². The first kappa shape index (κ1) is 13.8. The van der Waals surface area contributed by atoms with E-state index in [0.29, 0.717) is 0 Å². The molecule has 2 heterocycles. The average molecular weight is 277 g/mol. The van der Waals surface area contributed by atoms with Gasteiger partial charge in [-0.15, -0.1) is 11.3 Å². The third kappa shape index (κ3) is 4.22. The number of thiophene rings is 1. The van der Waals surface area contributed by atoms with Gasteiger partial charge in [0.2, 0.25) is 5.56 Å². The number of hydrogen-bond acceptors (Lipinski definition) is 4. The number of nitrogens with zero attached hydrogens (tertiary/aromatic N) is 2. The summed E-state index contributed by atoms with van der Waals surface area (Å²) >= 11 is 1.74. The molecule has 0 aliphatic rings. The predicted molar refractivity (Wildman–Crippen MR) is 81.0 cm³/mol. The molecule has 102 valence electrons. The van der Waals surface area contributed by atoms with E-state index in [-0.39, 0.29) is 5.56 Å². The molecule has 0 spiro atoms. The molecule has 0 aliphatic carbocycles. The van der Waals surface area contributed by atoms with E-state index in [0.717, 1.165) is 25.5 Å². The number of anilines is 1. The minimum absolute atomic E-state index is 0.0569. The van der Waals surface area contributed by atoms with Crippen LogP contribution in [0.5, 0.6) is 0 Å². The fourth-order valence-electron chi connectivity index (χ4n) is 1.82. The molecular weight excluding hydrogens is 258 g/mol. The van der Waals surface area contributed by atoms with Gasteiger partial charge >= 0.3 is 0 Å². The molecule has 0 radical (unpaired) electrons. The van der Waals surface area contributed by atoms with Crippen molar-refractivity contribution in [1.82, 2.24) is 9.88 Å². The van der Waals surface area contributed by atoms with E-state index in [1.807, 2.05) is 6.07 Å². The normalized spacial score (nSPS) is 10.9. The highest BCUT2D eigenvalue weighted by molar-refractivity contribution is 7.09. The van der Waals surface area contributed by atoms with Crippen LogP contribution in [0, 0.1) is 0 Å². The van der Waals surface area contributed by atoms with Gasteiger partial charge in [-0.2, -0.15) is 0 Å². The summed E-state index contributed by atoms with van der Waals surface area (Å²) in [5, 5.41) is 2.08. The fourth-order valence-corrected chi connectivity index (χ4v) is 2.54. The van der Waals surface area contributed by atoms with Crippen LogP contribution in [0.25, 0.3) is 0 Å². The maximum atomic E-state index is 11.4. The summed E-state index contributed by atoms with van der Waals surface area (Å²) in [5.74, 6) is 0.878. The van der Waals surface area contributed by atoms with E-state index in [4.69, 9.17) is 0 Å². The van der Waals surface area contributed by atoms with Crippen molar-refractivity contribution in [3.8, 4) is 0 Å². The lowest BCUT2D eigenvalue weighted by Gasteiger charge is -2.25. The molecule has 0 fully saturated rings. The number of aromatic nitrogens is 1. The van der Waals surface area contributed by atoms with E-state index in [9.17, 15) is 4.79 Å². The molecule has 0 atom stereocenters. The third-order valence-corrected chi connectivity index (χ3v) is 3.70. The van der Waals surface area contributed by atoms with Crippen molar-refractivity contribution in [1.29, 1.82) is 0 Å². The van der Waals surface area contributed by atoms with Crippen molar-refractivity contribution in [2.45, 2.75) is 6.54 Å². The summed E-state index contributed by atoms with van der Waals surface area (Å²) in [7, 11) is 4.11. The molecule has 0 amide bonds. The minimum atomic E-state index is -0.0569. The molecule has 1 N–H and O–H groups in total. The Morgan fingerprint density at radius 1 is 1.16 bits per heavy atom. The number of hydrogen-bond donors (Lipinski definition) is 1. The first-order valence-corrected chi connectivity index (χ1v) is 7.14. The summed E-state index contributed by atoms with van der Waals surface area (Å²) in [4.78, 5) is 20.0. The highest BCUT2D eigenvalue weighted by Gasteiger charge is 2.09. The van der Waals surface area contributed by atoms with Gasteiger partial charge in [0.15, 0.2) is 0 Å². The predicted octanol–water partition coefficient (Wildman–Crippen LogP) is 2.00. The van der Waals surface area contributed by atoms with E-state index < -0.39 is 0 Å². The maximum Gasteiger partial charge on any atom is 0.249 e. The van der Waals surface area contributed by atoms with Gasteiger partial charge in [-0.25, -0.2) is 0 Å². The Kier molecular flexibility index (Phi) is 4.76. The zero-order chi connectivity index (χ0) is 13.7. The Hall–Kier alpha value is -1.59. The van der Waals surface area contributed by atoms with Crippen LogP contribution in [0.1, 0.15) is 4.88 Å². The Morgan fingerprint density at radius 2 is 2.00 bits per heavy atom. The van der Waals surface area contributed by atoms with Crippen LogP contribution in [0.2, 0.25) is 0 Å². The summed E-state index contributed by atoms with van der Waals surface area (Å²) < 4.78 is 0. The van der Waals surface area contributed by atoms with E-state index in [2.05, 4.69) is 46.4 Å².